The first-order chi connectivity index (χ1) is 8.50. The lowest BCUT2D eigenvalue weighted by Crippen LogP contribution is -2.16. The fourth-order valence-electron chi connectivity index (χ4n) is 1.26. The summed E-state index contributed by atoms with van der Waals surface area (Å²) >= 11 is 0. The van der Waals surface area contributed by atoms with Crippen molar-refractivity contribution in [2.24, 2.45) is 5.10 Å². The Morgan fingerprint density at radius 2 is 1.89 bits per heavy atom. The van der Waals surface area contributed by atoms with Gasteiger partial charge in [0.15, 0.2) is 0 Å². The smallest absolute Gasteiger partial charge is 0.352 e. The Morgan fingerprint density at radius 1 is 1.22 bits per heavy atom. The molecule has 3 N–H and O–H groups in total. The van der Waals surface area contributed by atoms with Crippen molar-refractivity contribution in [3.63, 3.8) is 0 Å². The lowest BCUT2D eigenvalue weighted by molar-refractivity contribution is -0.136. The number of para-hydroxylation sites is 1. The summed E-state index contributed by atoms with van der Waals surface area (Å²) in [4.78, 5) is 21.2. The highest BCUT2D eigenvalue weighted by Gasteiger charge is 2.11. The third-order valence-corrected chi connectivity index (χ3v) is 2.28. The van der Waals surface area contributed by atoms with Gasteiger partial charge in [-0.15, -0.1) is 0 Å². The van der Waals surface area contributed by atoms with Crippen LogP contribution >= 0.6 is 0 Å². The molecule has 1 rings (SSSR count). The number of benzene rings is 1. The molecule has 0 spiro atoms. The van der Waals surface area contributed by atoms with Gasteiger partial charge in [-0.05, 0) is 18.6 Å². The first-order valence-electron chi connectivity index (χ1n) is 5.34. The Balaban J connectivity index is 2.75. The van der Waals surface area contributed by atoms with Gasteiger partial charge in [-0.3, -0.25) is 10.2 Å². The maximum Gasteiger partial charge on any atom is 0.352 e. The van der Waals surface area contributed by atoms with Crippen LogP contribution in [0.4, 0.5) is 5.69 Å². The van der Waals surface area contributed by atoms with Crippen molar-refractivity contribution in [2.45, 2.75) is 19.8 Å². The Bertz CT molecular complexity index is 483. The number of aliphatic carboxylic acids is 2. The van der Waals surface area contributed by atoms with Gasteiger partial charge >= 0.3 is 11.9 Å². The highest BCUT2D eigenvalue weighted by Crippen LogP contribution is 2.13. The fourth-order valence-corrected chi connectivity index (χ4v) is 1.26. The molecule has 0 bridgehead atoms. The van der Waals surface area contributed by atoms with Crippen LogP contribution in [0.25, 0.3) is 0 Å². The van der Waals surface area contributed by atoms with Gasteiger partial charge in [-0.2, -0.15) is 5.10 Å². The number of nitrogens with zero attached hydrogens (tertiary/aromatic N) is 1. The van der Waals surface area contributed by atoms with Crippen LogP contribution < -0.4 is 5.43 Å². The molecule has 6 heteroatoms. The average molecular weight is 250 g/mol. The molecular formula is C12H14N2O4. The number of anilines is 1. The molecule has 96 valence electrons. The first kappa shape index (κ1) is 13.7. The van der Waals surface area contributed by atoms with E-state index in [-0.39, 0.29) is 18.6 Å². The topological polar surface area (TPSA) is 99.0 Å². The minimum atomic E-state index is -1.22. The molecule has 0 atom stereocenters. The van der Waals surface area contributed by atoms with Crippen LogP contribution in [-0.4, -0.2) is 27.9 Å². The van der Waals surface area contributed by atoms with Crippen molar-refractivity contribution >= 4 is 23.3 Å². The molecule has 0 aliphatic carbocycles. The summed E-state index contributed by atoms with van der Waals surface area (Å²) in [5.74, 6) is -2.28. The molecule has 0 unspecified atom stereocenters. The van der Waals surface area contributed by atoms with E-state index in [9.17, 15) is 9.59 Å². The van der Waals surface area contributed by atoms with Crippen molar-refractivity contribution < 1.29 is 19.8 Å². The minimum absolute atomic E-state index is 0.121. The van der Waals surface area contributed by atoms with Gasteiger partial charge in [0.25, 0.3) is 0 Å². The molecule has 0 fully saturated rings. The number of carboxylic acid groups (broad SMARTS) is 2. The van der Waals surface area contributed by atoms with E-state index in [1.807, 2.05) is 19.1 Å². The van der Waals surface area contributed by atoms with Gasteiger partial charge in [-0.1, -0.05) is 18.2 Å². The highest BCUT2D eigenvalue weighted by atomic mass is 16.4. The van der Waals surface area contributed by atoms with Crippen molar-refractivity contribution in [1.82, 2.24) is 0 Å². The summed E-state index contributed by atoms with van der Waals surface area (Å²) in [6.07, 6.45) is -0.385. The zero-order valence-corrected chi connectivity index (χ0v) is 9.88. The molecule has 0 aliphatic rings. The second kappa shape index (κ2) is 6.39. The zero-order chi connectivity index (χ0) is 13.5. The Morgan fingerprint density at radius 3 is 2.44 bits per heavy atom. The average Bonchev–Trinajstić information content (AvgIpc) is 2.30. The Hall–Kier alpha value is -2.37. The van der Waals surface area contributed by atoms with Crippen LogP contribution in [0.5, 0.6) is 0 Å². The second-order valence-corrected chi connectivity index (χ2v) is 3.68. The van der Waals surface area contributed by atoms with Gasteiger partial charge in [0.2, 0.25) is 0 Å². The molecule has 6 nitrogen and oxygen atoms in total. The van der Waals surface area contributed by atoms with Crippen molar-refractivity contribution in [3.05, 3.63) is 29.8 Å². The molecule has 0 saturated carbocycles. The van der Waals surface area contributed by atoms with Crippen molar-refractivity contribution in [2.75, 3.05) is 5.43 Å². The summed E-state index contributed by atoms with van der Waals surface area (Å²) in [6.45, 7) is 1.86. The number of carboxylic acids is 2. The molecule has 1 aromatic carbocycles. The molecular weight excluding hydrogens is 236 g/mol. The number of hydrogen-bond acceptors (Lipinski definition) is 4. The number of aryl methyl sites for hydroxylation is 1. The molecule has 0 aromatic heterocycles. The SMILES string of the molecule is Cc1ccccc1N/N=C(\CCC(=O)O)C(=O)O. The van der Waals surface area contributed by atoms with Crippen molar-refractivity contribution in [1.29, 1.82) is 0 Å². The molecule has 18 heavy (non-hydrogen) atoms. The molecule has 0 heterocycles. The van der Waals surface area contributed by atoms with E-state index in [4.69, 9.17) is 10.2 Å². The van der Waals surface area contributed by atoms with Gasteiger partial charge in [0.1, 0.15) is 5.71 Å². The first-order valence-corrected chi connectivity index (χ1v) is 5.34. The maximum absolute atomic E-state index is 10.9. The van der Waals surface area contributed by atoms with E-state index in [0.29, 0.717) is 5.69 Å². The Kier molecular flexibility index (Phi) is 4.86. The lowest BCUT2D eigenvalue weighted by atomic mass is 10.2. The summed E-state index contributed by atoms with van der Waals surface area (Å²) < 4.78 is 0. The number of carbonyl (C=O) groups is 2. The van der Waals surface area contributed by atoms with Crippen LogP contribution in [0.3, 0.4) is 0 Å². The van der Waals surface area contributed by atoms with Crippen LogP contribution in [0.1, 0.15) is 18.4 Å². The quantitative estimate of drug-likeness (QED) is 0.527. The number of hydrazone groups is 1. The summed E-state index contributed by atoms with van der Waals surface area (Å²) in [5.41, 5.74) is 4.03. The predicted octanol–water partition coefficient (Wildman–Crippen LogP) is 1.71. The minimum Gasteiger partial charge on any atom is -0.481 e. The zero-order valence-electron chi connectivity index (χ0n) is 9.88. The third kappa shape index (κ3) is 4.25. The van der Waals surface area contributed by atoms with Crippen LogP contribution in [0, 0.1) is 6.92 Å². The summed E-state index contributed by atoms with van der Waals surface area (Å²) in [6, 6.07) is 7.26. The maximum atomic E-state index is 10.9. The number of hydrogen-bond donors (Lipinski definition) is 3. The molecule has 1 aromatic rings. The van der Waals surface area contributed by atoms with Gasteiger partial charge in [-0.25, -0.2) is 4.79 Å². The lowest BCUT2D eigenvalue weighted by Gasteiger charge is -2.05. The molecule has 0 radical (unpaired) electrons. The van der Waals surface area contributed by atoms with Crippen LogP contribution in [0.2, 0.25) is 0 Å². The highest BCUT2D eigenvalue weighted by molar-refractivity contribution is 6.35. The van der Waals surface area contributed by atoms with Crippen LogP contribution in [0.15, 0.2) is 29.4 Å². The summed E-state index contributed by atoms with van der Waals surface area (Å²) in [7, 11) is 0. The number of rotatable bonds is 6. The van der Waals surface area contributed by atoms with E-state index in [1.165, 1.54) is 0 Å². The third-order valence-electron chi connectivity index (χ3n) is 2.28. The Labute approximate surface area is 104 Å². The molecule has 0 aliphatic heterocycles. The normalized spacial score (nSPS) is 11.1. The fraction of sp³-hybridized carbons (Fsp3) is 0.250. The van der Waals surface area contributed by atoms with Gasteiger partial charge in [0.05, 0.1) is 12.1 Å². The monoisotopic (exact) mass is 250 g/mol. The van der Waals surface area contributed by atoms with E-state index in [0.717, 1.165) is 5.56 Å². The standard InChI is InChI=1S/C12H14N2O4/c1-8-4-2-3-5-9(8)13-14-10(12(17)18)6-7-11(15)16/h2-5,13H,6-7H2,1H3,(H,15,16)(H,17,18)/b14-10+. The molecule has 0 amide bonds. The predicted molar refractivity (Wildman–Crippen MR) is 66.7 cm³/mol. The van der Waals surface area contributed by atoms with E-state index < -0.39 is 11.9 Å². The van der Waals surface area contributed by atoms with E-state index in [1.54, 1.807) is 12.1 Å². The largest absolute Gasteiger partial charge is 0.481 e. The second-order valence-electron chi connectivity index (χ2n) is 3.68. The van der Waals surface area contributed by atoms with E-state index >= 15 is 0 Å². The van der Waals surface area contributed by atoms with Crippen molar-refractivity contribution in [3.8, 4) is 0 Å². The van der Waals surface area contributed by atoms with Crippen LogP contribution in [-0.2, 0) is 9.59 Å². The number of nitrogens with one attached hydrogen (secondary N) is 1. The van der Waals surface area contributed by atoms with Gasteiger partial charge < -0.3 is 10.2 Å². The molecule has 0 saturated heterocycles. The van der Waals surface area contributed by atoms with E-state index in [2.05, 4.69) is 10.5 Å². The van der Waals surface area contributed by atoms with Gasteiger partial charge in [0, 0.05) is 6.42 Å². The summed E-state index contributed by atoms with van der Waals surface area (Å²) in [5, 5.41) is 21.1.